The van der Waals surface area contributed by atoms with Crippen molar-refractivity contribution in [1.82, 2.24) is 20.2 Å². The number of methoxy groups -OCH3 is 2. The summed E-state index contributed by atoms with van der Waals surface area (Å²) >= 11 is 0. The van der Waals surface area contributed by atoms with Crippen LogP contribution in [-0.2, 0) is 11.3 Å². The highest BCUT2D eigenvalue weighted by molar-refractivity contribution is 5.66. The molecule has 0 aliphatic heterocycles. The van der Waals surface area contributed by atoms with Gasteiger partial charge < -0.3 is 14.6 Å². The van der Waals surface area contributed by atoms with Crippen molar-refractivity contribution >= 4 is 5.97 Å². The van der Waals surface area contributed by atoms with Crippen molar-refractivity contribution in [3.8, 4) is 22.9 Å². The highest BCUT2D eigenvalue weighted by Gasteiger charge is 2.13. The Morgan fingerprint density at radius 2 is 2.15 bits per heavy atom. The van der Waals surface area contributed by atoms with Gasteiger partial charge in [-0.25, -0.2) is 0 Å². The van der Waals surface area contributed by atoms with Gasteiger partial charge >= 0.3 is 5.97 Å². The number of carboxylic acids is 1. The Kier molecular flexibility index (Phi) is 4.14. The van der Waals surface area contributed by atoms with Gasteiger partial charge in [0.15, 0.2) is 0 Å². The molecule has 0 spiro atoms. The zero-order valence-electron chi connectivity index (χ0n) is 11.1. The van der Waals surface area contributed by atoms with Gasteiger partial charge in [-0.15, -0.1) is 10.2 Å². The summed E-state index contributed by atoms with van der Waals surface area (Å²) in [5.74, 6) is 0.673. The molecule has 0 aliphatic carbocycles. The second kappa shape index (κ2) is 6.00. The smallest absolute Gasteiger partial charge is 0.305 e. The predicted molar refractivity (Wildman–Crippen MR) is 68.6 cm³/mol. The van der Waals surface area contributed by atoms with Gasteiger partial charge in [0.25, 0.3) is 0 Å². The van der Waals surface area contributed by atoms with Crippen molar-refractivity contribution < 1.29 is 19.4 Å². The van der Waals surface area contributed by atoms with Crippen molar-refractivity contribution in [1.29, 1.82) is 0 Å². The number of benzene rings is 1. The molecule has 2 aromatic rings. The Bertz CT molecular complexity index is 611. The average molecular weight is 278 g/mol. The molecular formula is C12H14N4O4. The van der Waals surface area contributed by atoms with Crippen molar-refractivity contribution in [2.24, 2.45) is 0 Å². The van der Waals surface area contributed by atoms with E-state index in [2.05, 4.69) is 15.4 Å². The molecule has 0 bridgehead atoms. The highest BCUT2D eigenvalue weighted by Crippen LogP contribution is 2.30. The first-order valence-electron chi connectivity index (χ1n) is 5.86. The largest absolute Gasteiger partial charge is 0.497 e. The molecule has 20 heavy (non-hydrogen) atoms. The lowest BCUT2D eigenvalue weighted by molar-refractivity contribution is -0.137. The number of ether oxygens (including phenoxy) is 2. The molecule has 0 radical (unpaired) electrons. The summed E-state index contributed by atoms with van der Waals surface area (Å²) in [6, 6.07) is 5.24. The molecule has 1 N–H and O–H groups in total. The van der Waals surface area contributed by atoms with Crippen LogP contribution in [0.25, 0.3) is 11.4 Å². The second-order valence-corrected chi connectivity index (χ2v) is 3.92. The van der Waals surface area contributed by atoms with E-state index < -0.39 is 5.97 Å². The van der Waals surface area contributed by atoms with Crippen molar-refractivity contribution in [3.05, 3.63) is 18.2 Å². The zero-order valence-corrected chi connectivity index (χ0v) is 11.1. The highest BCUT2D eigenvalue weighted by atomic mass is 16.5. The van der Waals surface area contributed by atoms with Crippen LogP contribution >= 0.6 is 0 Å². The molecule has 1 heterocycles. The Labute approximate surface area is 114 Å². The van der Waals surface area contributed by atoms with Crippen molar-refractivity contribution in [2.75, 3.05) is 14.2 Å². The van der Waals surface area contributed by atoms with Gasteiger partial charge in [0.05, 0.1) is 32.7 Å². The van der Waals surface area contributed by atoms with E-state index in [1.165, 1.54) is 11.9 Å². The molecule has 1 aromatic carbocycles. The Morgan fingerprint density at radius 3 is 2.80 bits per heavy atom. The molecule has 2 rings (SSSR count). The zero-order chi connectivity index (χ0) is 14.5. The number of aromatic nitrogens is 4. The summed E-state index contributed by atoms with van der Waals surface area (Å²) in [7, 11) is 3.10. The van der Waals surface area contributed by atoms with Crippen LogP contribution in [0.5, 0.6) is 11.5 Å². The molecule has 0 saturated heterocycles. The number of aryl methyl sites for hydroxylation is 1. The van der Waals surface area contributed by atoms with Crippen LogP contribution in [-0.4, -0.2) is 45.5 Å². The lowest BCUT2D eigenvalue weighted by atomic mass is 10.2. The van der Waals surface area contributed by atoms with E-state index in [0.29, 0.717) is 22.9 Å². The van der Waals surface area contributed by atoms with Gasteiger partial charge in [0.1, 0.15) is 11.5 Å². The van der Waals surface area contributed by atoms with Crippen LogP contribution in [0.3, 0.4) is 0 Å². The van der Waals surface area contributed by atoms with Crippen molar-refractivity contribution in [3.63, 3.8) is 0 Å². The van der Waals surface area contributed by atoms with Crippen LogP contribution in [0.4, 0.5) is 0 Å². The lowest BCUT2D eigenvalue weighted by Crippen LogP contribution is -2.07. The summed E-state index contributed by atoms with van der Waals surface area (Å²) in [5, 5.41) is 20.4. The summed E-state index contributed by atoms with van der Waals surface area (Å²) in [6.07, 6.45) is -0.0600. The Morgan fingerprint density at radius 1 is 1.35 bits per heavy atom. The number of aliphatic carboxylic acids is 1. The predicted octanol–water partition coefficient (Wildman–Crippen LogP) is 0.832. The second-order valence-electron chi connectivity index (χ2n) is 3.92. The molecule has 0 amide bonds. The minimum atomic E-state index is -0.911. The van der Waals surface area contributed by atoms with Crippen LogP contribution in [0, 0.1) is 0 Å². The summed E-state index contributed by atoms with van der Waals surface area (Å²) in [5.41, 5.74) is 0.662. The number of hydrogen-bond donors (Lipinski definition) is 1. The summed E-state index contributed by atoms with van der Waals surface area (Å²) in [4.78, 5) is 11.7. The number of tetrazole rings is 1. The minimum Gasteiger partial charge on any atom is -0.497 e. The van der Waals surface area contributed by atoms with E-state index in [0.717, 1.165) is 0 Å². The van der Waals surface area contributed by atoms with E-state index in [1.807, 2.05) is 0 Å². The number of hydrogen-bond acceptors (Lipinski definition) is 6. The molecule has 8 nitrogen and oxygen atoms in total. The molecule has 1 aromatic heterocycles. The van der Waals surface area contributed by atoms with Gasteiger partial charge in [-0.2, -0.15) is 4.80 Å². The van der Waals surface area contributed by atoms with E-state index in [9.17, 15) is 4.79 Å². The average Bonchev–Trinajstić information content (AvgIpc) is 2.93. The fourth-order valence-electron chi connectivity index (χ4n) is 1.62. The topological polar surface area (TPSA) is 99.4 Å². The van der Waals surface area contributed by atoms with E-state index in [1.54, 1.807) is 25.3 Å². The van der Waals surface area contributed by atoms with Crippen molar-refractivity contribution in [2.45, 2.75) is 13.0 Å². The molecule has 0 atom stereocenters. The number of carbonyl (C=O) groups is 1. The molecule has 8 heteroatoms. The molecular weight excluding hydrogens is 264 g/mol. The Hall–Kier alpha value is -2.64. The maximum absolute atomic E-state index is 10.5. The van der Waals surface area contributed by atoms with Gasteiger partial charge in [-0.05, 0) is 17.3 Å². The molecule has 0 unspecified atom stereocenters. The first-order valence-corrected chi connectivity index (χ1v) is 5.86. The fourth-order valence-corrected chi connectivity index (χ4v) is 1.62. The molecule has 0 aliphatic rings. The third kappa shape index (κ3) is 3.02. The van der Waals surface area contributed by atoms with Crippen LogP contribution < -0.4 is 9.47 Å². The number of nitrogens with zero attached hydrogens (tertiary/aromatic N) is 4. The van der Waals surface area contributed by atoms with Crippen LogP contribution in [0.2, 0.25) is 0 Å². The van der Waals surface area contributed by atoms with E-state index >= 15 is 0 Å². The summed E-state index contributed by atoms with van der Waals surface area (Å²) in [6.45, 7) is 0.167. The SMILES string of the molecule is COc1ccc(-c2nnn(CCC(=O)O)n2)c(OC)c1. The summed E-state index contributed by atoms with van der Waals surface area (Å²) < 4.78 is 10.4. The minimum absolute atomic E-state index is 0.0600. The normalized spacial score (nSPS) is 10.3. The van der Waals surface area contributed by atoms with Crippen LogP contribution in [0.1, 0.15) is 6.42 Å². The maximum Gasteiger partial charge on any atom is 0.305 e. The number of rotatable bonds is 6. The molecule has 0 fully saturated rings. The molecule has 106 valence electrons. The lowest BCUT2D eigenvalue weighted by Gasteiger charge is -2.07. The van der Waals surface area contributed by atoms with Gasteiger partial charge in [-0.3, -0.25) is 4.79 Å². The first-order chi connectivity index (χ1) is 9.63. The quantitative estimate of drug-likeness (QED) is 0.835. The first kappa shape index (κ1) is 13.8. The fraction of sp³-hybridized carbons (Fsp3) is 0.333. The van der Waals surface area contributed by atoms with E-state index in [-0.39, 0.29) is 13.0 Å². The monoisotopic (exact) mass is 278 g/mol. The third-order valence-electron chi connectivity index (χ3n) is 2.63. The molecule has 0 saturated carbocycles. The standard InChI is InChI=1S/C12H14N4O4/c1-19-8-3-4-9(10(7-8)20-2)12-13-15-16(14-12)6-5-11(17)18/h3-4,7H,5-6H2,1-2H3,(H,17,18). The third-order valence-corrected chi connectivity index (χ3v) is 2.63. The van der Waals surface area contributed by atoms with Gasteiger partial charge in [0.2, 0.25) is 5.82 Å². The van der Waals surface area contributed by atoms with E-state index in [4.69, 9.17) is 14.6 Å². The van der Waals surface area contributed by atoms with Gasteiger partial charge in [0, 0.05) is 6.07 Å². The number of carboxylic acid groups (broad SMARTS) is 1. The maximum atomic E-state index is 10.5. The Balaban J connectivity index is 2.25. The van der Waals surface area contributed by atoms with Crippen LogP contribution in [0.15, 0.2) is 18.2 Å². The van der Waals surface area contributed by atoms with Gasteiger partial charge in [-0.1, -0.05) is 0 Å².